The summed E-state index contributed by atoms with van der Waals surface area (Å²) >= 11 is 5.85. The molecule has 1 aromatic carbocycles. The summed E-state index contributed by atoms with van der Waals surface area (Å²) in [4.78, 5) is 2.13. The molecule has 1 aliphatic rings. The van der Waals surface area contributed by atoms with E-state index in [1.54, 1.807) is 0 Å². The Morgan fingerprint density at radius 2 is 1.68 bits per heavy atom. The second kappa shape index (κ2) is 8.65. The molecule has 2 rings (SSSR count). The van der Waals surface area contributed by atoms with Crippen LogP contribution < -0.4 is 5.32 Å². The minimum absolute atomic E-state index is 0. The van der Waals surface area contributed by atoms with Crippen LogP contribution in [0, 0.1) is 17.0 Å². The predicted molar refractivity (Wildman–Crippen MR) is 92.5 cm³/mol. The molecule has 0 aromatic heterocycles. The zero-order chi connectivity index (χ0) is 14.9. The van der Waals surface area contributed by atoms with E-state index in [0.717, 1.165) is 26.2 Å². The van der Waals surface area contributed by atoms with E-state index in [1.165, 1.54) is 12.1 Å². The predicted octanol–water partition coefficient (Wildman–Crippen LogP) is 4.45. The van der Waals surface area contributed by atoms with Crippen molar-refractivity contribution < 1.29 is 8.78 Å². The lowest BCUT2D eigenvalue weighted by Gasteiger charge is -2.42. The highest BCUT2D eigenvalue weighted by Gasteiger charge is 2.36. The maximum Gasteiger partial charge on any atom is 0.149 e. The van der Waals surface area contributed by atoms with E-state index in [0.29, 0.717) is 0 Å². The molecule has 1 N–H and O–H groups in total. The second-order valence-corrected chi connectivity index (χ2v) is 6.72. The van der Waals surface area contributed by atoms with Gasteiger partial charge in [0, 0.05) is 37.8 Å². The zero-order valence-corrected chi connectivity index (χ0v) is 15.3. The largest absolute Gasteiger partial charge is 0.314 e. The smallest absolute Gasteiger partial charge is 0.149 e. The van der Waals surface area contributed by atoms with E-state index in [4.69, 9.17) is 11.6 Å². The molecule has 2 nitrogen and oxygen atoms in total. The lowest BCUT2D eigenvalue weighted by molar-refractivity contribution is 0.0804. The Hall–Kier alpha value is -0.130. The quantitative estimate of drug-likeness (QED) is 0.768. The molecule has 0 bridgehead atoms. The fraction of sp³-hybridized carbons (Fsp3) is 0.600. The highest BCUT2D eigenvalue weighted by molar-refractivity contribution is 6.30. The number of benzene rings is 1. The summed E-state index contributed by atoms with van der Waals surface area (Å²) in [5, 5.41) is 3.24. The van der Waals surface area contributed by atoms with Crippen molar-refractivity contribution in [2.24, 2.45) is 5.41 Å². The van der Waals surface area contributed by atoms with Crippen LogP contribution in [-0.4, -0.2) is 31.1 Å². The zero-order valence-electron chi connectivity index (χ0n) is 13.0. The Bertz CT molecular complexity index is 486. The molecular formula is C15H23Cl3F2N2. The average Bonchev–Trinajstić information content (AvgIpc) is 2.39. The molecule has 1 aromatic rings. The van der Waals surface area contributed by atoms with Crippen LogP contribution in [0.25, 0.3) is 0 Å². The van der Waals surface area contributed by atoms with E-state index >= 15 is 0 Å². The molecule has 0 unspecified atom stereocenters. The maximum atomic E-state index is 14.4. The van der Waals surface area contributed by atoms with Gasteiger partial charge in [-0.25, -0.2) is 8.78 Å². The SMILES string of the molecule is CC(C)(C)[C@H](c1c(F)ccc(Cl)c1F)N1CCNCC1.Cl.Cl. The molecule has 1 fully saturated rings. The van der Waals surface area contributed by atoms with Gasteiger partial charge in [0.2, 0.25) is 0 Å². The van der Waals surface area contributed by atoms with Gasteiger partial charge in [0.1, 0.15) is 11.6 Å². The molecular weight excluding hydrogens is 353 g/mol. The van der Waals surface area contributed by atoms with Gasteiger partial charge < -0.3 is 5.32 Å². The Kier molecular flexibility index (Phi) is 8.60. The molecule has 0 aliphatic carbocycles. The van der Waals surface area contributed by atoms with Crippen LogP contribution in [0.2, 0.25) is 5.02 Å². The first-order chi connectivity index (χ1) is 9.32. The van der Waals surface area contributed by atoms with Gasteiger partial charge in [-0.2, -0.15) is 0 Å². The van der Waals surface area contributed by atoms with Crippen molar-refractivity contribution >= 4 is 36.4 Å². The third kappa shape index (κ3) is 4.68. The van der Waals surface area contributed by atoms with Crippen LogP contribution in [0.3, 0.4) is 0 Å². The third-order valence-electron chi connectivity index (χ3n) is 3.69. The summed E-state index contributed by atoms with van der Waals surface area (Å²) in [5.74, 6) is -1.16. The summed E-state index contributed by atoms with van der Waals surface area (Å²) in [6.45, 7) is 9.20. The molecule has 7 heteroatoms. The van der Waals surface area contributed by atoms with Crippen molar-refractivity contribution in [1.29, 1.82) is 0 Å². The molecule has 22 heavy (non-hydrogen) atoms. The van der Waals surface area contributed by atoms with Gasteiger partial charge in [-0.3, -0.25) is 4.90 Å². The van der Waals surface area contributed by atoms with E-state index in [2.05, 4.69) is 10.2 Å². The van der Waals surface area contributed by atoms with Crippen molar-refractivity contribution in [1.82, 2.24) is 10.2 Å². The van der Waals surface area contributed by atoms with E-state index < -0.39 is 11.6 Å². The van der Waals surface area contributed by atoms with Gasteiger partial charge in [-0.1, -0.05) is 32.4 Å². The molecule has 0 saturated carbocycles. The van der Waals surface area contributed by atoms with Crippen LogP contribution in [0.5, 0.6) is 0 Å². The normalized spacial score (nSPS) is 17.4. The van der Waals surface area contributed by atoms with Crippen molar-refractivity contribution in [2.75, 3.05) is 26.2 Å². The second-order valence-electron chi connectivity index (χ2n) is 6.31. The first-order valence-corrected chi connectivity index (χ1v) is 7.28. The number of halogens is 5. The van der Waals surface area contributed by atoms with Gasteiger partial charge in [0.15, 0.2) is 0 Å². The van der Waals surface area contributed by atoms with Gasteiger partial charge >= 0.3 is 0 Å². The molecule has 1 heterocycles. The molecule has 128 valence electrons. The van der Waals surface area contributed by atoms with Gasteiger partial charge in [0.25, 0.3) is 0 Å². The Morgan fingerprint density at radius 3 is 2.18 bits per heavy atom. The molecule has 0 radical (unpaired) electrons. The fourth-order valence-electron chi connectivity index (χ4n) is 2.90. The summed E-state index contributed by atoms with van der Waals surface area (Å²) < 4.78 is 28.6. The summed E-state index contributed by atoms with van der Waals surface area (Å²) in [6, 6.07) is 2.19. The third-order valence-corrected chi connectivity index (χ3v) is 3.98. The standard InChI is InChI=1S/C15H21ClF2N2.2ClH/c1-15(2,3)14(20-8-6-19-7-9-20)12-11(17)5-4-10(16)13(12)18;;/h4-5,14,19H,6-9H2,1-3H3;2*1H/t14-;;/m0../s1. The first-order valence-electron chi connectivity index (χ1n) is 6.90. The van der Waals surface area contributed by atoms with Crippen LogP contribution in [0.4, 0.5) is 8.78 Å². The Balaban J connectivity index is 0.00000220. The number of nitrogens with one attached hydrogen (secondary N) is 1. The number of nitrogens with zero attached hydrogens (tertiary/aromatic N) is 1. The molecule has 0 amide bonds. The minimum atomic E-state index is -0.634. The topological polar surface area (TPSA) is 15.3 Å². The van der Waals surface area contributed by atoms with Crippen LogP contribution in [-0.2, 0) is 0 Å². The Morgan fingerprint density at radius 1 is 1.14 bits per heavy atom. The monoisotopic (exact) mass is 374 g/mol. The average molecular weight is 376 g/mol. The molecule has 1 aliphatic heterocycles. The van der Waals surface area contributed by atoms with Gasteiger partial charge in [0.05, 0.1) is 5.02 Å². The van der Waals surface area contributed by atoms with Crippen molar-refractivity contribution in [3.8, 4) is 0 Å². The number of hydrogen-bond donors (Lipinski definition) is 1. The lowest BCUT2D eigenvalue weighted by Crippen LogP contribution is -2.48. The molecule has 1 saturated heterocycles. The van der Waals surface area contributed by atoms with Gasteiger partial charge in [-0.05, 0) is 17.5 Å². The van der Waals surface area contributed by atoms with Crippen LogP contribution >= 0.6 is 36.4 Å². The first kappa shape index (κ1) is 21.9. The highest BCUT2D eigenvalue weighted by Crippen LogP contribution is 2.41. The molecule has 1 atom stereocenters. The number of hydrogen-bond acceptors (Lipinski definition) is 2. The summed E-state index contributed by atoms with van der Waals surface area (Å²) in [7, 11) is 0. The minimum Gasteiger partial charge on any atom is -0.314 e. The fourth-order valence-corrected chi connectivity index (χ4v) is 3.06. The van der Waals surface area contributed by atoms with Crippen molar-refractivity contribution in [3.05, 3.63) is 34.4 Å². The van der Waals surface area contributed by atoms with Crippen molar-refractivity contribution in [3.63, 3.8) is 0 Å². The Labute approximate surface area is 148 Å². The highest BCUT2D eigenvalue weighted by atomic mass is 35.5. The number of rotatable bonds is 2. The van der Waals surface area contributed by atoms with Crippen molar-refractivity contribution in [2.45, 2.75) is 26.8 Å². The maximum absolute atomic E-state index is 14.4. The van der Waals surface area contributed by atoms with E-state index in [9.17, 15) is 8.78 Å². The number of piperazine rings is 1. The summed E-state index contributed by atoms with van der Waals surface area (Å²) in [6.07, 6.45) is 0. The molecule has 0 spiro atoms. The van der Waals surface area contributed by atoms with E-state index in [1.807, 2.05) is 20.8 Å². The van der Waals surface area contributed by atoms with Crippen LogP contribution in [0.1, 0.15) is 32.4 Å². The van der Waals surface area contributed by atoms with Gasteiger partial charge in [-0.15, -0.1) is 24.8 Å². The van der Waals surface area contributed by atoms with E-state index in [-0.39, 0.29) is 46.9 Å². The lowest BCUT2D eigenvalue weighted by atomic mass is 9.80. The van der Waals surface area contributed by atoms with Crippen LogP contribution in [0.15, 0.2) is 12.1 Å². The summed E-state index contributed by atoms with van der Waals surface area (Å²) in [5.41, 5.74) is -0.198.